The van der Waals surface area contributed by atoms with Crippen molar-refractivity contribution in [3.63, 3.8) is 0 Å². The molecule has 3 aliphatic heterocycles. The van der Waals surface area contributed by atoms with Crippen molar-refractivity contribution in [1.29, 1.82) is 0 Å². The van der Waals surface area contributed by atoms with Crippen molar-refractivity contribution < 1.29 is 14.1 Å². The third-order valence-corrected chi connectivity index (χ3v) is 7.35. The summed E-state index contributed by atoms with van der Waals surface area (Å²) >= 11 is 0. The number of carbonyl (C=O) groups excluding carboxylic acids is 1. The van der Waals surface area contributed by atoms with E-state index in [1.54, 1.807) is 0 Å². The van der Waals surface area contributed by atoms with Crippen molar-refractivity contribution in [3.05, 3.63) is 53.4 Å². The van der Waals surface area contributed by atoms with Crippen LogP contribution in [-0.4, -0.2) is 47.3 Å². The summed E-state index contributed by atoms with van der Waals surface area (Å²) in [5.41, 5.74) is 2.25. The van der Waals surface area contributed by atoms with E-state index in [4.69, 9.17) is 9.26 Å². The van der Waals surface area contributed by atoms with E-state index < -0.39 is 0 Å². The number of fused-ring (bicyclic) bond motifs is 1. The van der Waals surface area contributed by atoms with E-state index in [1.165, 1.54) is 5.56 Å². The van der Waals surface area contributed by atoms with E-state index in [-0.39, 0.29) is 17.6 Å². The zero-order valence-electron chi connectivity index (χ0n) is 16.5. The highest BCUT2D eigenvalue weighted by Crippen LogP contribution is 2.54. The molecule has 4 aliphatic rings. The van der Waals surface area contributed by atoms with Gasteiger partial charge in [0.05, 0.1) is 17.4 Å². The van der Waals surface area contributed by atoms with Crippen LogP contribution in [0.3, 0.4) is 0 Å². The Bertz CT molecular complexity index is 909. The Morgan fingerprint density at radius 2 is 2.10 bits per heavy atom. The van der Waals surface area contributed by atoms with Crippen molar-refractivity contribution >= 4 is 5.91 Å². The Labute approximate surface area is 170 Å². The molecule has 4 fully saturated rings. The van der Waals surface area contributed by atoms with Crippen LogP contribution in [0.4, 0.5) is 0 Å². The summed E-state index contributed by atoms with van der Waals surface area (Å²) < 4.78 is 11.8. The lowest BCUT2D eigenvalue weighted by atomic mass is 9.73. The average molecular weight is 393 g/mol. The molecule has 2 aromatic rings. The van der Waals surface area contributed by atoms with Crippen molar-refractivity contribution in [3.8, 4) is 0 Å². The molecule has 1 saturated carbocycles. The van der Waals surface area contributed by atoms with E-state index in [1.807, 2.05) is 6.07 Å². The van der Waals surface area contributed by atoms with Gasteiger partial charge in [0.2, 0.25) is 5.76 Å². The summed E-state index contributed by atoms with van der Waals surface area (Å²) in [6.45, 7) is 3.66. The molecule has 152 valence electrons. The van der Waals surface area contributed by atoms with Gasteiger partial charge in [-0.15, -0.1) is 0 Å². The summed E-state index contributed by atoms with van der Waals surface area (Å²) in [7, 11) is 0. The van der Waals surface area contributed by atoms with E-state index in [0.29, 0.717) is 30.1 Å². The number of ether oxygens (including phenoxy) is 1. The fourth-order valence-corrected chi connectivity index (χ4v) is 5.79. The van der Waals surface area contributed by atoms with Gasteiger partial charge in [0.25, 0.3) is 5.91 Å². The first kappa shape index (κ1) is 17.7. The van der Waals surface area contributed by atoms with Gasteiger partial charge in [-0.3, -0.25) is 9.69 Å². The van der Waals surface area contributed by atoms with Crippen molar-refractivity contribution in [1.82, 2.24) is 15.4 Å². The molecule has 1 aromatic heterocycles. The number of rotatable bonds is 6. The Hall–Kier alpha value is -2.18. The number of nitrogens with one attached hydrogen (secondary N) is 1. The molecular formula is C23H27N3O3. The maximum absolute atomic E-state index is 12.6. The second kappa shape index (κ2) is 6.67. The summed E-state index contributed by atoms with van der Waals surface area (Å²) in [5.74, 6) is 1.54. The smallest absolute Gasteiger partial charge is 0.289 e. The number of nitrogens with zero attached hydrogens (tertiary/aromatic N) is 2. The van der Waals surface area contributed by atoms with Crippen LogP contribution < -0.4 is 5.32 Å². The van der Waals surface area contributed by atoms with Gasteiger partial charge in [0.1, 0.15) is 0 Å². The van der Waals surface area contributed by atoms with Crippen LogP contribution >= 0.6 is 0 Å². The predicted octanol–water partition coefficient (Wildman–Crippen LogP) is 2.96. The van der Waals surface area contributed by atoms with Crippen LogP contribution in [0.25, 0.3) is 0 Å². The first-order valence-corrected chi connectivity index (χ1v) is 10.9. The zero-order valence-corrected chi connectivity index (χ0v) is 16.5. The maximum Gasteiger partial charge on any atom is 0.289 e. The minimum atomic E-state index is -0.152. The Morgan fingerprint density at radius 1 is 1.24 bits per heavy atom. The number of hydrogen-bond acceptors (Lipinski definition) is 5. The molecule has 3 saturated heterocycles. The topological polar surface area (TPSA) is 67.6 Å². The number of aromatic nitrogens is 1. The summed E-state index contributed by atoms with van der Waals surface area (Å²) in [6.07, 6.45) is 4.82. The third-order valence-electron chi connectivity index (χ3n) is 7.35. The molecule has 6 heteroatoms. The number of likely N-dealkylation sites (tertiary alicyclic amines) is 1. The monoisotopic (exact) mass is 393 g/mol. The first-order chi connectivity index (χ1) is 14.2. The van der Waals surface area contributed by atoms with Gasteiger partial charge in [-0.25, -0.2) is 0 Å². The molecule has 2 bridgehead atoms. The van der Waals surface area contributed by atoms with Gasteiger partial charge in [-0.05, 0) is 31.2 Å². The molecule has 6 nitrogen and oxygen atoms in total. The highest BCUT2D eigenvalue weighted by molar-refractivity contribution is 5.91. The average Bonchev–Trinajstić information content (AvgIpc) is 3.08. The number of benzene rings is 1. The molecule has 1 aromatic carbocycles. The van der Waals surface area contributed by atoms with E-state index in [0.717, 1.165) is 51.0 Å². The minimum absolute atomic E-state index is 0.0137. The van der Waals surface area contributed by atoms with Gasteiger partial charge in [-0.2, -0.15) is 0 Å². The molecule has 0 unspecified atom stereocenters. The van der Waals surface area contributed by atoms with Gasteiger partial charge in [-0.1, -0.05) is 35.5 Å². The number of hydrogen-bond donors (Lipinski definition) is 1. The fraction of sp³-hybridized carbons (Fsp3) is 0.565. The predicted molar refractivity (Wildman–Crippen MR) is 106 cm³/mol. The second-order valence-corrected chi connectivity index (χ2v) is 9.29. The molecule has 1 amide bonds. The van der Waals surface area contributed by atoms with Gasteiger partial charge in [0.15, 0.2) is 0 Å². The van der Waals surface area contributed by atoms with Crippen LogP contribution in [0, 0.1) is 11.8 Å². The van der Waals surface area contributed by atoms with Crippen LogP contribution in [-0.2, 0) is 11.3 Å². The summed E-state index contributed by atoms with van der Waals surface area (Å²) in [6, 6.07) is 12.5. The fourth-order valence-electron chi connectivity index (χ4n) is 5.79. The van der Waals surface area contributed by atoms with Crippen LogP contribution in [0.15, 0.2) is 40.9 Å². The highest BCUT2D eigenvalue weighted by Gasteiger charge is 2.62. The molecule has 1 aliphatic carbocycles. The van der Waals surface area contributed by atoms with E-state index in [2.05, 4.69) is 45.7 Å². The quantitative estimate of drug-likeness (QED) is 0.817. The first-order valence-electron chi connectivity index (χ1n) is 10.9. The Morgan fingerprint density at radius 3 is 2.93 bits per heavy atom. The molecule has 1 spiro atoms. The maximum atomic E-state index is 12.6. The lowest BCUT2D eigenvalue weighted by molar-refractivity contribution is 0.00211. The van der Waals surface area contributed by atoms with Crippen molar-refractivity contribution in [2.45, 2.75) is 49.9 Å². The van der Waals surface area contributed by atoms with E-state index in [9.17, 15) is 4.79 Å². The van der Waals surface area contributed by atoms with Gasteiger partial charge >= 0.3 is 0 Å². The van der Waals surface area contributed by atoms with Crippen molar-refractivity contribution in [2.75, 3.05) is 19.6 Å². The van der Waals surface area contributed by atoms with Gasteiger partial charge in [0, 0.05) is 50.0 Å². The zero-order chi connectivity index (χ0) is 19.4. The third kappa shape index (κ3) is 3.09. The lowest BCUT2D eigenvalue weighted by Crippen LogP contribution is -2.41. The van der Waals surface area contributed by atoms with E-state index >= 15 is 0 Å². The minimum Gasteiger partial charge on any atom is -0.370 e. The SMILES string of the molecule is O=C(NC[C@H]1[C@H]2CN(Cc3ccccc3)C[C@]23CC[C@H]1O3)c1cc(C2CC2)no1. The van der Waals surface area contributed by atoms with Crippen LogP contribution in [0.5, 0.6) is 0 Å². The van der Waals surface area contributed by atoms with Crippen LogP contribution in [0.2, 0.25) is 0 Å². The normalized spacial score (nSPS) is 33.2. The summed E-state index contributed by atoms with van der Waals surface area (Å²) in [4.78, 5) is 15.1. The molecule has 1 N–H and O–H groups in total. The molecular weight excluding hydrogens is 366 g/mol. The standard InChI is InChI=1S/C23H27N3O3/c27-22(21-10-19(25-29-21)16-6-7-16)24-11-17-18-13-26(12-15-4-2-1-3-5-15)14-23(18)9-8-20(17)28-23/h1-5,10,16-18,20H,6-9,11-14H2,(H,24,27)/t17-,18+,20+,23+/m0/s1. The summed E-state index contributed by atoms with van der Waals surface area (Å²) in [5, 5.41) is 7.15. The molecule has 4 heterocycles. The second-order valence-electron chi connectivity index (χ2n) is 9.29. The number of carbonyl (C=O) groups is 1. The van der Waals surface area contributed by atoms with Crippen LogP contribution in [0.1, 0.15) is 53.4 Å². The molecule has 4 atom stereocenters. The van der Waals surface area contributed by atoms with Gasteiger partial charge < -0.3 is 14.6 Å². The molecule has 6 rings (SSSR count). The molecule has 29 heavy (non-hydrogen) atoms. The highest BCUT2D eigenvalue weighted by atomic mass is 16.5. The Kier molecular flexibility index (Phi) is 4.06. The van der Waals surface area contributed by atoms with Crippen molar-refractivity contribution in [2.24, 2.45) is 11.8 Å². The Balaban J connectivity index is 1.11. The largest absolute Gasteiger partial charge is 0.370 e. The number of amides is 1. The lowest BCUT2D eigenvalue weighted by Gasteiger charge is -2.29. The molecule has 0 radical (unpaired) electrons.